The molecule has 0 amide bonds. The lowest BCUT2D eigenvalue weighted by Gasteiger charge is -2.32. The van der Waals surface area contributed by atoms with Gasteiger partial charge in [-0.3, -0.25) is 4.90 Å². The highest BCUT2D eigenvalue weighted by atomic mass is 79.9. The van der Waals surface area contributed by atoms with Crippen LogP contribution in [0.4, 0.5) is 0 Å². The van der Waals surface area contributed by atoms with Crippen molar-refractivity contribution in [3.63, 3.8) is 0 Å². The first-order valence-corrected chi connectivity index (χ1v) is 9.93. The third-order valence-electron chi connectivity index (χ3n) is 4.50. The Morgan fingerprint density at radius 2 is 1.91 bits per heavy atom. The normalized spacial score (nSPS) is 23.7. The number of benzene rings is 1. The first-order valence-electron chi connectivity index (χ1n) is 7.69. The molecular formula is C15H23BrClN3O2S. The van der Waals surface area contributed by atoms with Crippen LogP contribution in [0, 0.1) is 6.92 Å². The van der Waals surface area contributed by atoms with Crippen LogP contribution >= 0.6 is 28.3 Å². The Balaban J connectivity index is 0.00000192. The van der Waals surface area contributed by atoms with Crippen LogP contribution in [0.25, 0.3) is 0 Å². The number of rotatable bonds is 3. The van der Waals surface area contributed by atoms with Gasteiger partial charge in [0.1, 0.15) is 0 Å². The SMILES string of the molecule is Cc1ccc(Br)c(S(=O)(=O)N2CCC(N3CCNCC3)C2)c1.Cl. The Labute approximate surface area is 153 Å². The van der Waals surface area contributed by atoms with Crippen LogP contribution in [-0.4, -0.2) is 62.9 Å². The quantitative estimate of drug-likeness (QED) is 0.804. The molecule has 2 saturated heterocycles. The molecule has 1 unspecified atom stereocenters. The first-order chi connectivity index (χ1) is 10.5. The average molecular weight is 425 g/mol. The van der Waals surface area contributed by atoms with Crippen molar-refractivity contribution in [2.24, 2.45) is 0 Å². The second-order valence-electron chi connectivity index (χ2n) is 6.03. The van der Waals surface area contributed by atoms with Crippen molar-refractivity contribution in [3.05, 3.63) is 28.2 Å². The van der Waals surface area contributed by atoms with Crippen molar-refractivity contribution in [2.45, 2.75) is 24.3 Å². The molecule has 0 bridgehead atoms. The maximum Gasteiger partial charge on any atom is 0.244 e. The van der Waals surface area contributed by atoms with Crippen LogP contribution in [0.5, 0.6) is 0 Å². The van der Waals surface area contributed by atoms with E-state index in [1.54, 1.807) is 10.4 Å². The largest absolute Gasteiger partial charge is 0.314 e. The minimum absolute atomic E-state index is 0. The van der Waals surface area contributed by atoms with Crippen molar-refractivity contribution in [3.8, 4) is 0 Å². The second-order valence-corrected chi connectivity index (χ2v) is 8.79. The van der Waals surface area contributed by atoms with Crippen LogP contribution < -0.4 is 5.32 Å². The van der Waals surface area contributed by atoms with Crippen LogP contribution in [0.3, 0.4) is 0 Å². The zero-order chi connectivity index (χ0) is 15.7. The predicted octanol–water partition coefficient (Wildman–Crippen LogP) is 1.85. The lowest BCUT2D eigenvalue weighted by Crippen LogP contribution is -2.49. The van der Waals surface area contributed by atoms with E-state index in [-0.39, 0.29) is 12.4 Å². The van der Waals surface area contributed by atoms with E-state index in [0.29, 0.717) is 28.5 Å². The van der Waals surface area contributed by atoms with Gasteiger partial charge in [-0.25, -0.2) is 8.42 Å². The molecule has 1 N–H and O–H groups in total. The Hall–Kier alpha value is -0.180. The second kappa shape index (κ2) is 7.80. The smallest absolute Gasteiger partial charge is 0.244 e. The summed E-state index contributed by atoms with van der Waals surface area (Å²) in [7, 11) is -3.42. The Morgan fingerprint density at radius 3 is 2.61 bits per heavy atom. The van der Waals surface area contributed by atoms with Crippen molar-refractivity contribution in [2.75, 3.05) is 39.3 Å². The van der Waals surface area contributed by atoms with Crippen molar-refractivity contribution in [1.29, 1.82) is 0 Å². The zero-order valence-electron chi connectivity index (χ0n) is 13.2. The highest BCUT2D eigenvalue weighted by Gasteiger charge is 2.36. The van der Waals surface area contributed by atoms with E-state index >= 15 is 0 Å². The minimum Gasteiger partial charge on any atom is -0.314 e. The van der Waals surface area contributed by atoms with Gasteiger partial charge in [-0.1, -0.05) is 6.07 Å². The lowest BCUT2D eigenvalue weighted by atomic mass is 10.2. The van der Waals surface area contributed by atoms with Crippen molar-refractivity contribution < 1.29 is 8.42 Å². The van der Waals surface area contributed by atoms with Gasteiger partial charge < -0.3 is 5.32 Å². The summed E-state index contributed by atoms with van der Waals surface area (Å²) in [5.41, 5.74) is 0.958. The summed E-state index contributed by atoms with van der Waals surface area (Å²) >= 11 is 3.38. The average Bonchev–Trinajstić information content (AvgIpc) is 3.01. The maximum absolute atomic E-state index is 12.9. The number of piperazine rings is 1. The predicted molar refractivity (Wildman–Crippen MR) is 97.7 cm³/mol. The van der Waals surface area contributed by atoms with Crippen LogP contribution in [0.1, 0.15) is 12.0 Å². The van der Waals surface area contributed by atoms with Gasteiger partial charge in [-0.2, -0.15) is 4.31 Å². The molecule has 0 radical (unpaired) electrons. The van der Waals surface area contributed by atoms with Crippen molar-refractivity contribution in [1.82, 2.24) is 14.5 Å². The number of hydrogen-bond acceptors (Lipinski definition) is 4. The number of sulfonamides is 1. The molecule has 1 aromatic rings. The third kappa shape index (κ3) is 4.08. The number of aryl methyl sites for hydroxylation is 1. The Kier molecular flexibility index (Phi) is 6.49. The van der Waals surface area contributed by atoms with Gasteiger partial charge in [0.05, 0.1) is 4.90 Å². The lowest BCUT2D eigenvalue weighted by molar-refractivity contribution is 0.179. The minimum atomic E-state index is -3.42. The van der Waals surface area contributed by atoms with Crippen LogP contribution in [0.15, 0.2) is 27.6 Å². The van der Waals surface area contributed by atoms with Gasteiger partial charge in [0.25, 0.3) is 0 Å². The molecule has 0 aromatic heterocycles. The van der Waals surface area contributed by atoms with Gasteiger partial charge in [0.2, 0.25) is 10.0 Å². The topological polar surface area (TPSA) is 52.7 Å². The van der Waals surface area contributed by atoms with Gasteiger partial charge in [-0.05, 0) is 47.0 Å². The highest BCUT2D eigenvalue weighted by molar-refractivity contribution is 9.10. The molecular weight excluding hydrogens is 402 g/mol. The zero-order valence-corrected chi connectivity index (χ0v) is 16.4. The molecule has 130 valence electrons. The Morgan fingerprint density at radius 1 is 1.22 bits per heavy atom. The number of nitrogens with one attached hydrogen (secondary N) is 1. The summed E-state index contributed by atoms with van der Waals surface area (Å²) in [6, 6.07) is 5.82. The van der Waals surface area contributed by atoms with Gasteiger partial charge in [0.15, 0.2) is 0 Å². The molecule has 3 rings (SSSR count). The molecule has 0 spiro atoms. The highest BCUT2D eigenvalue weighted by Crippen LogP contribution is 2.29. The van der Waals surface area contributed by atoms with Crippen LogP contribution in [-0.2, 0) is 10.0 Å². The van der Waals surface area contributed by atoms with E-state index in [0.717, 1.165) is 38.2 Å². The molecule has 23 heavy (non-hydrogen) atoms. The van der Waals surface area contributed by atoms with Gasteiger partial charge in [0, 0.05) is 49.8 Å². The molecule has 0 aliphatic carbocycles. The van der Waals surface area contributed by atoms with Crippen LogP contribution in [0.2, 0.25) is 0 Å². The fourth-order valence-corrected chi connectivity index (χ4v) is 5.72. The first kappa shape index (κ1) is 19.1. The molecule has 5 nitrogen and oxygen atoms in total. The maximum atomic E-state index is 12.9. The standard InChI is InChI=1S/C15H22BrN3O2S.ClH/c1-12-2-3-14(16)15(10-12)22(20,21)19-7-4-13(11-19)18-8-5-17-6-9-18;/h2-3,10,13,17H,4-9,11H2,1H3;1H. The molecule has 0 saturated carbocycles. The molecule has 2 aliphatic rings. The van der Waals surface area contributed by atoms with Gasteiger partial charge >= 0.3 is 0 Å². The molecule has 1 atom stereocenters. The molecule has 2 aliphatic heterocycles. The summed E-state index contributed by atoms with van der Waals surface area (Å²) in [4.78, 5) is 2.80. The fraction of sp³-hybridized carbons (Fsp3) is 0.600. The number of nitrogens with zero attached hydrogens (tertiary/aromatic N) is 2. The van der Waals surface area contributed by atoms with E-state index < -0.39 is 10.0 Å². The third-order valence-corrected chi connectivity index (χ3v) is 7.36. The van der Waals surface area contributed by atoms with E-state index in [1.165, 1.54) is 0 Å². The Bertz CT molecular complexity index is 650. The van der Waals surface area contributed by atoms with Crippen molar-refractivity contribution >= 4 is 38.4 Å². The number of halogens is 2. The summed E-state index contributed by atoms with van der Waals surface area (Å²) in [5.74, 6) is 0. The summed E-state index contributed by atoms with van der Waals surface area (Å²) < 4.78 is 28.1. The van der Waals surface area contributed by atoms with Gasteiger partial charge in [-0.15, -0.1) is 12.4 Å². The summed E-state index contributed by atoms with van der Waals surface area (Å²) in [5, 5.41) is 3.34. The molecule has 2 fully saturated rings. The van der Waals surface area contributed by atoms with E-state index in [4.69, 9.17) is 0 Å². The number of hydrogen-bond donors (Lipinski definition) is 1. The molecule has 1 aromatic carbocycles. The summed E-state index contributed by atoms with van der Waals surface area (Å²) in [6.07, 6.45) is 0.919. The van der Waals surface area contributed by atoms with E-state index in [9.17, 15) is 8.42 Å². The molecule has 8 heteroatoms. The van der Waals surface area contributed by atoms with E-state index in [1.807, 2.05) is 19.1 Å². The fourth-order valence-electron chi connectivity index (χ4n) is 3.22. The van der Waals surface area contributed by atoms with E-state index in [2.05, 4.69) is 26.1 Å². The monoisotopic (exact) mass is 423 g/mol. The summed E-state index contributed by atoms with van der Waals surface area (Å²) in [6.45, 7) is 7.12. The molecule has 2 heterocycles.